The number of carbonyl (C=O) groups excluding carboxylic acids is 2. The molecule has 1 fully saturated rings. The highest BCUT2D eigenvalue weighted by Crippen LogP contribution is 2.33. The Labute approximate surface area is 313 Å². The minimum Gasteiger partial charge on any atom is -0.378 e. The zero-order valence-corrected chi connectivity index (χ0v) is 32.4. The molecule has 2 aromatic carbocycles. The van der Waals surface area contributed by atoms with E-state index >= 15 is 0 Å². The number of rotatable bonds is 18. The minimum atomic E-state index is -3.54. The number of hydrogen-bond acceptors (Lipinski definition) is 10. The number of aryl methyl sites for hydroxylation is 1. The third kappa shape index (κ3) is 11.5. The van der Waals surface area contributed by atoms with E-state index in [0.29, 0.717) is 68.2 Å². The lowest BCUT2D eigenvalue weighted by Gasteiger charge is -2.32. The summed E-state index contributed by atoms with van der Waals surface area (Å²) < 4.78 is 31.4. The molecular weight excluding hydrogens is 702 g/mol. The summed E-state index contributed by atoms with van der Waals surface area (Å²) >= 11 is 6.41. The number of piperidine rings is 1. The second-order valence-corrected chi connectivity index (χ2v) is 16.4. The van der Waals surface area contributed by atoms with Crippen molar-refractivity contribution in [3.8, 4) is 0 Å². The molecule has 1 saturated heterocycles. The Bertz CT molecular complexity index is 1810. The predicted octanol–water partition coefficient (Wildman–Crippen LogP) is 6.14. The van der Waals surface area contributed by atoms with E-state index in [1.54, 1.807) is 38.1 Å². The smallest absolute Gasteiger partial charge is 0.246 e. The molecule has 0 spiro atoms. The van der Waals surface area contributed by atoms with E-state index in [2.05, 4.69) is 61.8 Å². The number of anilines is 4. The lowest BCUT2D eigenvalue weighted by Crippen LogP contribution is -2.37. The topological polar surface area (TPSA) is 155 Å². The summed E-state index contributed by atoms with van der Waals surface area (Å²) in [5.41, 5.74) is 4.23. The average Bonchev–Trinajstić information content (AvgIpc) is 3.11. The number of nitrogens with zero attached hydrogens (tertiary/aromatic N) is 3. The summed E-state index contributed by atoms with van der Waals surface area (Å²) in [6, 6.07) is 12.9. The fourth-order valence-corrected chi connectivity index (χ4v) is 7.19. The van der Waals surface area contributed by atoms with Gasteiger partial charge in [-0.25, -0.2) is 13.4 Å². The number of ether oxygens (including phenoxy) is 1. The molecule has 52 heavy (non-hydrogen) atoms. The van der Waals surface area contributed by atoms with Gasteiger partial charge in [-0.1, -0.05) is 50.2 Å². The number of benzene rings is 2. The first kappa shape index (κ1) is 40.7. The van der Waals surface area contributed by atoms with Gasteiger partial charge in [-0.05, 0) is 93.9 Å². The molecule has 0 bridgehead atoms. The number of halogens is 1. The van der Waals surface area contributed by atoms with Crippen LogP contribution in [0.25, 0.3) is 0 Å². The summed E-state index contributed by atoms with van der Waals surface area (Å²) in [6.45, 7) is 17.2. The van der Waals surface area contributed by atoms with Crippen LogP contribution >= 0.6 is 11.6 Å². The highest BCUT2D eigenvalue weighted by molar-refractivity contribution is 7.92. The zero-order chi connectivity index (χ0) is 37.8. The van der Waals surface area contributed by atoms with E-state index in [9.17, 15) is 18.0 Å². The molecule has 1 aromatic heterocycles. The van der Waals surface area contributed by atoms with Crippen LogP contribution in [0.15, 0.2) is 65.7 Å². The lowest BCUT2D eigenvalue weighted by atomic mass is 9.86. The molecule has 0 radical (unpaired) electrons. The van der Waals surface area contributed by atoms with E-state index < -0.39 is 15.1 Å². The van der Waals surface area contributed by atoms with Gasteiger partial charge in [0.25, 0.3) is 0 Å². The first-order chi connectivity index (χ1) is 24.8. The van der Waals surface area contributed by atoms with Crippen LogP contribution in [0.4, 0.5) is 23.1 Å². The minimum absolute atomic E-state index is 0.00245. The first-order valence-corrected chi connectivity index (χ1v) is 19.7. The fourth-order valence-electron chi connectivity index (χ4n) is 5.85. The van der Waals surface area contributed by atoms with Crippen molar-refractivity contribution in [2.24, 2.45) is 5.92 Å². The summed E-state index contributed by atoms with van der Waals surface area (Å²) in [6.07, 6.45) is 3.93. The Morgan fingerprint density at radius 1 is 1.02 bits per heavy atom. The van der Waals surface area contributed by atoms with Gasteiger partial charge in [0.15, 0.2) is 15.7 Å². The number of likely N-dealkylation sites (tertiary alicyclic amines) is 1. The molecule has 3 aromatic rings. The van der Waals surface area contributed by atoms with Crippen molar-refractivity contribution >= 4 is 56.4 Å². The molecule has 0 unspecified atom stereocenters. The van der Waals surface area contributed by atoms with E-state index in [4.69, 9.17) is 16.3 Å². The predicted molar refractivity (Wildman–Crippen MR) is 207 cm³/mol. The van der Waals surface area contributed by atoms with Crippen LogP contribution in [0.3, 0.4) is 0 Å². The van der Waals surface area contributed by atoms with Crippen LogP contribution < -0.4 is 21.3 Å². The van der Waals surface area contributed by atoms with Crippen LogP contribution in [0.5, 0.6) is 0 Å². The third-order valence-electron chi connectivity index (χ3n) is 9.11. The number of carbonyl (C=O) groups is 2. The van der Waals surface area contributed by atoms with Crippen LogP contribution in [0.1, 0.15) is 64.0 Å². The summed E-state index contributed by atoms with van der Waals surface area (Å²) in [5.74, 6) is 0.986. The second kappa shape index (κ2) is 19.2. The molecule has 2 amide bonds. The van der Waals surface area contributed by atoms with E-state index in [0.717, 1.165) is 37.2 Å². The van der Waals surface area contributed by atoms with Crippen molar-refractivity contribution in [2.75, 3.05) is 56.6 Å². The molecule has 1 aliphatic heterocycles. The maximum Gasteiger partial charge on any atom is 0.246 e. The molecule has 0 aliphatic carbocycles. The number of nitrogens with one attached hydrogen (secondary N) is 4. The molecule has 1 aliphatic rings. The molecule has 14 heteroatoms. The molecule has 282 valence electrons. The van der Waals surface area contributed by atoms with Crippen molar-refractivity contribution in [1.82, 2.24) is 25.5 Å². The molecule has 2 heterocycles. The number of amides is 2. The largest absolute Gasteiger partial charge is 0.378 e. The normalized spacial score (nSPS) is 14.0. The molecule has 0 saturated carbocycles. The number of hydrogen-bond donors (Lipinski definition) is 4. The van der Waals surface area contributed by atoms with Gasteiger partial charge in [0.2, 0.25) is 17.8 Å². The average molecular weight is 754 g/mol. The zero-order valence-electron chi connectivity index (χ0n) is 30.8. The number of aromatic nitrogens is 2. The van der Waals surface area contributed by atoms with Gasteiger partial charge < -0.3 is 30.9 Å². The highest BCUT2D eigenvalue weighted by Gasteiger charge is 2.24. The van der Waals surface area contributed by atoms with Crippen LogP contribution in [-0.4, -0.2) is 86.3 Å². The van der Waals surface area contributed by atoms with Gasteiger partial charge in [-0.2, -0.15) is 4.98 Å². The molecule has 0 atom stereocenters. The van der Waals surface area contributed by atoms with Crippen molar-refractivity contribution in [3.05, 3.63) is 77.0 Å². The SMILES string of the molecule is C=C(C(=O)NCCOCCNC(=O)CCN1CCC(c2ccc(Nc3ncc(Cl)c(Nc4ccccc4S(=O)(=O)C(C)C)n3)cc2C)CC1)C(C)C. The highest BCUT2D eigenvalue weighted by atomic mass is 35.5. The Kier molecular flexibility index (Phi) is 15.0. The Hall–Kier alpha value is -4.04. The lowest BCUT2D eigenvalue weighted by molar-refractivity contribution is -0.121. The third-order valence-corrected chi connectivity index (χ3v) is 11.6. The summed E-state index contributed by atoms with van der Waals surface area (Å²) in [5, 5.41) is 11.7. The van der Waals surface area contributed by atoms with E-state index in [1.165, 1.54) is 11.8 Å². The van der Waals surface area contributed by atoms with Gasteiger partial charge >= 0.3 is 0 Å². The first-order valence-electron chi connectivity index (χ1n) is 17.8. The van der Waals surface area contributed by atoms with Crippen molar-refractivity contribution in [1.29, 1.82) is 0 Å². The molecule has 4 rings (SSSR count). The van der Waals surface area contributed by atoms with Crippen molar-refractivity contribution in [2.45, 2.75) is 69.9 Å². The molecular formula is C38H52ClN7O5S. The number of para-hydroxylation sites is 1. The standard InChI is InChI=1S/C38H52ClN7O5S/c1-25(2)28(6)37(48)41-17-22-51-21-16-40-35(47)15-20-46-18-13-29(14-19-46)31-12-11-30(23-27(31)5)43-38-42-24-32(39)36(45-38)44-33-9-7-8-10-34(33)52(49,50)26(3)4/h7-12,23-26,29H,6,13-22H2,1-5H3,(H,40,47)(H,41,48)(H2,42,43,44,45). The van der Waals surface area contributed by atoms with Crippen molar-refractivity contribution in [3.63, 3.8) is 0 Å². The summed E-state index contributed by atoms with van der Waals surface area (Å²) in [4.78, 5) is 35.7. The maximum atomic E-state index is 12.9. The quantitative estimate of drug-likeness (QED) is 0.0880. The fraction of sp³-hybridized carbons (Fsp3) is 0.474. The van der Waals surface area contributed by atoms with Crippen molar-refractivity contribution < 1.29 is 22.7 Å². The Balaban J connectivity index is 1.20. The summed E-state index contributed by atoms with van der Waals surface area (Å²) in [7, 11) is -3.54. The Morgan fingerprint density at radius 2 is 1.71 bits per heavy atom. The molecule has 12 nitrogen and oxygen atoms in total. The van der Waals surface area contributed by atoms with Gasteiger partial charge in [-0.15, -0.1) is 0 Å². The second-order valence-electron chi connectivity index (χ2n) is 13.6. The van der Waals surface area contributed by atoms with Crippen LogP contribution in [-0.2, 0) is 24.2 Å². The van der Waals surface area contributed by atoms with Gasteiger partial charge in [0, 0.05) is 37.3 Å². The van der Waals surface area contributed by atoms with Crippen LogP contribution in [0, 0.1) is 12.8 Å². The Morgan fingerprint density at radius 3 is 2.38 bits per heavy atom. The van der Waals surface area contributed by atoms with Gasteiger partial charge in [0.05, 0.1) is 35.2 Å². The van der Waals surface area contributed by atoms with E-state index in [1.807, 2.05) is 19.9 Å². The number of sulfone groups is 1. The van der Waals surface area contributed by atoms with Gasteiger partial charge in [0.1, 0.15) is 5.02 Å². The van der Waals surface area contributed by atoms with Crippen LogP contribution in [0.2, 0.25) is 5.02 Å². The molecule has 4 N–H and O–H groups in total. The van der Waals surface area contributed by atoms with E-state index in [-0.39, 0.29) is 27.7 Å². The maximum absolute atomic E-state index is 12.9. The van der Waals surface area contributed by atoms with Gasteiger partial charge in [-0.3, -0.25) is 9.59 Å². The monoisotopic (exact) mass is 753 g/mol.